The standard InChI is InChI=1S/C23H26N4O4S2/c1-26(33(29,30)22-8-6-16-32-22)18-9-11-19(12-10-18)31-17-21(28)25-20-7-5-13-24-23(20)27-14-3-2-4-15-27/h5-13,16H,2-4,14-15,17H2,1H3,(H,25,28). The molecule has 33 heavy (non-hydrogen) atoms. The molecule has 3 heterocycles. The second-order valence-corrected chi connectivity index (χ2v) is 10.8. The van der Waals surface area contributed by atoms with E-state index in [0.29, 0.717) is 17.1 Å². The van der Waals surface area contributed by atoms with Gasteiger partial charge in [-0.25, -0.2) is 13.4 Å². The number of anilines is 3. The number of nitrogens with one attached hydrogen (secondary N) is 1. The van der Waals surface area contributed by atoms with Crippen LogP contribution < -0.4 is 19.3 Å². The lowest BCUT2D eigenvalue weighted by atomic mass is 10.1. The first-order valence-corrected chi connectivity index (χ1v) is 13.0. The summed E-state index contributed by atoms with van der Waals surface area (Å²) in [6.07, 6.45) is 5.18. The number of hydrogen-bond donors (Lipinski definition) is 1. The number of ether oxygens (including phenoxy) is 1. The fourth-order valence-electron chi connectivity index (χ4n) is 3.62. The van der Waals surface area contributed by atoms with Crippen LogP contribution in [-0.4, -0.2) is 46.1 Å². The van der Waals surface area contributed by atoms with Crippen molar-refractivity contribution in [2.45, 2.75) is 23.5 Å². The summed E-state index contributed by atoms with van der Waals surface area (Å²) in [6, 6.07) is 13.5. The van der Waals surface area contributed by atoms with Gasteiger partial charge in [0.05, 0.1) is 11.4 Å². The minimum Gasteiger partial charge on any atom is -0.484 e. The zero-order chi connectivity index (χ0) is 23.3. The number of benzene rings is 1. The van der Waals surface area contributed by atoms with Crippen molar-refractivity contribution >= 4 is 44.5 Å². The molecule has 0 bridgehead atoms. The normalized spacial score (nSPS) is 14.0. The first kappa shape index (κ1) is 23.1. The van der Waals surface area contributed by atoms with Gasteiger partial charge in [0.15, 0.2) is 12.4 Å². The summed E-state index contributed by atoms with van der Waals surface area (Å²) in [4.78, 5) is 19.1. The Labute approximate surface area is 197 Å². The van der Waals surface area contributed by atoms with Crippen molar-refractivity contribution in [3.63, 3.8) is 0 Å². The van der Waals surface area contributed by atoms with E-state index in [4.69, 9.17) is 4.74 Å². The first-order valence-electron chi connectivity index (χ1n) is 10.7. The summed E-state index contributed by atoms with van der Waals surface area (Å²) < 4.78 is 32.4. The fraction of sp³-hybridized carbons (Fsp3) is 0.304. The summed E-state index contributed by atoms with van der Waals surface area (Å²) in [5.41, 5.74) is 1.17. The summed E-state index contributed by atoms with van der Waals surface area (Å²) in [5, 5.41) is 4.61. The molecule has 1 fully saturated rings. The first-order chi connectivity index (χ1) is 15.9. The van der Waals surface area contributed by atoms with Gasteiger partial charge in [-0.2, -0.15) is 0 Å². The monoisotopic (exact) mass is 486 g/mol. The van der Waals surface area contributed by atoms with E-state index in [1.54, 1.807) is 54.0 Å². The van der Waals surface area contributed by atoms with Crippen LogP contribution in [0.25, 0.3) is 0 Å². The number of carbonyl (C=O) groups excluding carboxylic acids is 1. The lowest BCUT2D eigenvalue weighted by molar-refractivity contribution is -0.118. The second kappa shape index (κ2) is 10.2. The molecule has 8 nitrogen and oxygen atoms in total. The third-order valence-electron chi connectivity index (χ3n) is 5.40. The van der Waals surface area contributed by atoms with E-state index in [1.165, 1.54) is 29.1 Å². The number of pyridine rings is 1. The largest absolute Gasteiger partial charge is 0.484 e. The number of sulfonamides is 1. The van der Waals surface area contributed by atoms with Crippen LogP contribution in [0.5, 0.6) is 5.75 Å². The summed E-state index contributed by atoms with van der Waals surface area (Å²) in [6.45, 7) is 1.69. The molecule has 1 aliphatic rings. The van der Waals surface area contributed by atoms with Gasteiger partial charge < -0.3 is 15.0 Å². The number of amides is 1. The molecule has 4 rings (SSSR count). The maximum Gasteiger partial charge on any atom is 0.273 e. The minimum atomic E-state index is -3.60. The molecule has 0 spiro atoms. The van der Waals surface area contributed by atoms with Crippen LogP contribution >= 0.6 is 11.3 Å². The van der Waals surface area contributed by atoms with E-state index < -0.39 is 10.0 Å². The average Bonchev–Trinajstić information content (AvgIpc) is 3.40. The lowest BCUT2D eigenvalue weighted by Crippen LogP contribution is -2.31. The van der Waals surface area contributed by atoms with Crippen molar-refractivity contribution in [3.05, 3.63) is 60.1 Å². The van der Waals surface area contributed by atoms with Gasteiger partial charge in [-0.05, 0) is 67.1 Å². The number of piperidine rings is 1. The summed E-state index contributed by atoms with van der Waals surface area (Å²) in [7, 11) is -2.09. The molecule has 2 aromatic heterocycles. The van der Waals surface area contributed by atoms with Crippen LogP contribution in [0.15, 0.2) is 64.3 Å². The average molecular weight is 487 g/mol. The predicted octanol–water partition coefficient (Wildman–Crippen LogP) is 3.98. The van der Waals surface area contributed by atoms with Crippen LogP contribution in [0.1, 0.15) is 19.3 Å². The van der Waals surface area contributed by atoms with E-state index in [-0.39, 0.29) is 16.7 Å². The van der Waals surface area contributed by atoms with Crippen LogP contribution in [0.2, 0.25) is 0 Å². The minimum absolute atomic E-state index is 0.170. The highest BCUT2D eigenvalue weighted by atomic mass is 32.2. The van der Waals surface area contributed by atoms with Gasteiger partial charge >= 0.3 is 0 Å². The molecule has 174 valence electrons. The zero-order valence-corrected chi connectivity index (χ0v) is 19.9. The molecule has 0 radical (unpaired) electrons. The maximum atomic E-state index is 12.7. The Kier molecular flexibility index (Phi) is 7.14. The number of aromatic nitrogens is 1. The molecule has 0 unspecified atom stereocenters. The molecule has 0 aliphatic carbocycles. The summed E-state index contributed by atoms with van der Waals surface area (Å²) in [5.74, 6) is 0.964. The Bertz CT molecular complexity index is 1180. The number of nitrogens with zero attached hydrogens (tertiary/aromatic N) is 3. The van der Waals surface area contributed by atoms with Crippen LogP contribution in [0.4, 0.5) is 17.2 Å². The number of thiophene rings is 1. The fourth-order valence-corrected chi connectivity index (χ4v) is 5.98. The van der Waals surface area contributed by atoms with Gasteiger partial charge in [0, 0.05) is 26.3 Å². The third kappa shape index (κ3) is 5.45. The van der Waals surface area contributed by atoms with Gasteiger partial charge in [0.2, 0.25) is 0 Å². The topological polar surface area (TPSA) is 91.8 Å². The Balaban J connectivity index is 1.35. The van der Waals surface area contributed by atoms with E-state index >= 15 is 0 Å². The van der Waals surface area contributed by atoms with Gasteiger partial charge in [0.1, 0.15) is 9.96 Å². The van der Waals surface area contributed by atoms with E-state index in [2.05, 4.69) is 15.2 Å². The Hall–Kier alpha value is -3.11. The number of carbonyl (C=O) groups is 1. The molecule has 0 saturated carbocycles. The van der Waals surface area contributed by atoms with Crippen molar-refractivity contribution in [3.8, 4) is 5.75 Å². The highest BCUT2D eigenvalue weighted by molar-refractivity contribution is 7.94. The van der Waals surface area contributed by atoms with Crippen LogP contribution in [0, 0.1) is 0 Å². The predicted molar refractivity (Wildman–Crippen MR) is 131 cm³/mol. The van der Waals surface area contributed by atoms with Crippen LogP contribution in [-0.2, 0) is 14.8 Å². The molecule has 1 aromatic carbocycles. The molecule has 1 aliphatic heterocycles. The Morgan fingerprint density at radius 2 is 1.88 bits per heavy atom. The molecule has 1 N–H and O–H groups in total. The number of hydrogen-bond acceptors (Lipinski definition) is 7. The van der Waals surface area contributed by atoms with E-state index in [1.807, 2.05) is 6.07 Å². The quantitative estimate of drug-likeness (QED) is 0.518. The number of rotatable bonds is 8. The highest BCUT2D eigenvalue weighted by Crippen LogP contribution is 2.27. The smallest absolute Gasteiger partial charge is 0.273 e. The van der Waals surface area contributed by atoms with Crippen molar-refractivity contribution < 1.29 is 17.9 Å². The van der Waals surface area contributed by atoms with Gasteiger partial charge in [-0.3, -0.25) is 9.10 Å². The van der Waals surface area contributed by atoms with Gasteiger partial charge in [-0.1, -0.05) is 6.07 Å². The van der Waals surface area contributed by atoms with E-state index in [9.17, 15) is 13.2 Å². The Morgan fingerprint density at radius 1 is 1.12 bits per heavy atom. The van der Waals surface area contributed by atoms with Crippen molar-refractivity contribution in [1.29, 1.82) is 0 Å². The Morgan fingerprint density at radius 3 is 2.58 bits per heavy atom. The zero-order valence-electron chi connectivity index (χ0n) is 18.3. The highest BCUT2D eigenvalue weighted by Gasteiger charge is 2.22. The lowest BCUT2D eigenvalue weighted by Gasteiger charge is -2.29. The van der Waals surface area contributed by atoms with Crippen molar-refractivity contribution in [2.24, 2.45) is 0 Å². The van der Waals surface area contributed by atoms with Gasteiger partial charge in [-0.15, -0.1) is 11.3 Å². The van der Waals surface area contributed by atoms with Gasteiger partial charge in [0.25, 0.3) is 15.9 Å². The molecule has 1 amide bonds. The SMILES string of the molecule is CN(c1ccc(OCC(=O)Nc2cccnc2N2CCCCC2)cc1)S(=O)(=O)c1cccs1. The van der Waals surface area contributed by atoms with Crippen molar-refractivity contribution in [1.82, 2.24) is 4.98 Å². The molecular formula is C23H26N4O4S2. The molecular weight excluding hydrogens is 460 g/mol. The van der Waals surface area contributed by atoms with Crippen LogP contribution in [0.3, 0.4) is 0 Å². The molecule has 0 atom stereocenters. The molecule has 3 aromatic rings. The molecule has 10 heteroatoms. The van der Waals surface area contributed by atoms with E-state index in [0.717, 1.165) is 31.7 Å². The third-order valence-corrected chi connectivity index (χ3v) is 8.56. The second-order valence-electron chi connectivity index (χ2n) is 7.66. The van der Waals surface area contributed by atoms with Crippen molar-refractivity contribution in [2.75, 3.05) is 41.3 Å². The maximum absolute atomic E-state index is 12.7. The summed E-state index contributed by atoms with van der Waals surface area (Å²) >= 11 is 1.17. The molecule has 1 saturated heterocycles.